The van der Waals surface area contributed by atoms with Crippen LogP contribution in [0.25, 0.3) is 0 Å². The normalized spacial score (nSPS) is 11.5. The van der Waals surface area contributed by atoms with Crippen LogP contribution in [0.5, 0.6) is 0 Å². The Morgan fingerprint density at radius 1 is 1.60 bits per heavy atom. The van der Waals surface area contributed by atoms with Crippen LogP contribution in [0.2, 0.25) is 5.22 Å². The first-order chi connectivity index (χ1) is 6.94. The Morgan fingerprint density at radius 3 is 2.73 bits per heavy atom. The van der Waals surface area contributed by atoms with Crippen molar-refractivity contribution in [2.75, 3.05) is 5.33 Å². The summed E-state index contributed by atoms with van der Waals surface area (Å²) in [6.07, 6.45) is 0.840. The third kappa shape index (κ3) is 3.87. The fourth-order valence-corrected chi connectivity index (χ4v) is 2.24. The van der Waals surface area contributed by atoms with Gasteiger partial charge < -0.3 is 9.73 Å². The second-order valence-corrected chi connectivity index (χ2v) is 5.05. The number of carbonyl (C=O) groups excluding carboxylic acids is 1. The molecule has 0 aliphatic carbocycles. The molecule has 0 saturated carbocycles. The maximum Gasteiger partial charge on any atom is 0.287 e. The van der Waals surface area contributed by atoms with Gasteiger partial charge in [-0.2, -0.15) is 0 Å². The predicted octanol–water partition coefficient (Wildman–Crippen LogP) is 3.23. The average Bonchev–Trinajstić information content (AvgIpc) is 2.50. The monoisotopic (exact) mass is 293 g/mol. The molecular weight excluding hydrogens is 281 g/mol. The number of furan rings is 1. The van der Waals surface area contributed by atoms with E-state index in [1.807, 2.05) is 13.8 Å². The van der Waals surface area contributed by atoms with Crippen LogP contribution in [0.15, 0.2) is 16.5 Å². The summed E-state index contributed by atoms with van der Waals surface area (Å²) >= 11 is 8.92. The molecule has 0 bridgehead atoms. The van der Waals surface area contributed by atoms with E-state index in [1.165, 1.54) is 0 Å². The molecule has 1 amide bonds. The minimum atomic E-state index is -0.264. The maximum atomic E-state index is 11.7. The molecule has 5 heteroatoms. The maximum absolute atomic E-state index is 11.7. The van der Waals surface area contributed by atoms with Gasteiger partial charge in [0.2, 0.25) is 0 Å². The minimum absolute atomic E-state index is 0.221. The highest BCUT2D eigenvalue weighted by molar-refractivity contribution is 9.09. The van der Waals surface area contributed by atoms with Gasteiger partial charge in [0.25, 0.3) is 5.91 Å². The van der Waals surface area contributed by atoms with E-state index < -0.39 is 0 Å². The summed E-state index contributed by atoms with van der Waals surface area (Å²) in [5.74, 6) is -0.00417. The van der Waals surface area contributed by atoms with E-state index in [4.69, 9.17) is 16.0 Å². The smallest absolute Gasteiger partial charge is 0.287 e. The van der Waals surface area contributed by atoms with Crippen molar-refractivity contribution in [1.82, 2.24) is 5.32 Å². The number of nitrogens with one attached hydrogen (secondary N) is 1. The van der Waals surface area contributed by atoms with Crippen molar-refractivity contribution in [2.24, 2.45) is 0 Å². The number of hydrogen-bond acceptors (Lipinski definition) is 2. The summed E-state index contributed by atoms with van der Waals surface area (Å²) in [4.78, 5) is 11.7. The molecule has 3 nitrogen and oxygen atoms in total. The van der Waals surface area contributed by atoms with Gasteiger partial charge in [-0.3, -0.25) is 4.79 Å². The second-order valence-electron chi connectivity index (χ2n) is 3.88. The summed E-state index contributed by atoms with van der Waals surface area (Å²) < 4.78 is 5.01. The van der Waals surface area contributed by atoms with Gasteiger partial charge in [-0.05, 0) is 44.0 Å². The summed E-state index contributed by atoms with van der Waals surface area (Å²) in [7, 11) is 0. The van der Waals surface area contributed by atoms with Crippen molar-refractivity contribution in [2.45, 2.75) is 25.8 Å². The van der Waals surface area contributed by atoms with Gasteiger partial charge in [0.1, 0.15) is 0 Å². The second kappa shape index (κ2) is 5.03. The molecule has 0 saturated heterocycles. The van der Waals surface area contributed by atoms with E-state index in [2.05, 4.69) is 21.2 Å². The molecule has 1 aromatic heterocycles. The van der Waals surface area contributed by atoms with Crippen LogP contribution in [0.4, 0.5) is 0 Å². The molecule has 0 spiro atoms. The zero-order chi connectivity index (χ0) is 11.5. The van der Waals surface area contributed by atoms with Gasteiger partial charge in [0.05, 0.1) is 0 Å². The topological polar surface area (TPSA) is 42.2 Å². The van der Waals surface area contributed by atoms with Crippen LogP contribution < -0.4 is 5.32 Å². The van der Waals surface area contributed by atoms with Gasteiger partial charge in [-0.25, -0.2) is 0 Å². The Hall–Kier alpha value is -0.480. The van der Waals surface area contributed by atoms with Crippen molar-refractivity contribution in [3.05, 3.63) is 23.1 Å². The van der Waals surface area contributed by atoms with Crippen LogP contribution in [0.3, 0.4) is 0 Å². The average molecular weight is 295 g/mol. The van der Waals surface area contributed by atoms with E-state index in [9.17, 15) is 4.79 Å². The van der Waals surface area contributed by atoms with Crippen LogP contribution in [0.1, 0.15) is 30.8 Å². The Bertz CT molecular complexity index is 349. The summed E-state index contributed by atoms with van der Waals surface area (Å²) in [6, 6.07) is 3.11. The lowest BCUT2D eigenvalue weighted by molar-refractivity contribution is 0.0883. The molecule has 0 aliphatic rings. The molecule has 0 aliphatic heterocycles. The minimum Gasteiger partial charge on any atom is -0.440 e. The highest BCUT2D eigenvalue weighted by Crippen LogP contribution is 2.15. The fraction of sp³-hybridized carbons (Fsp3) is 0.500. The lowest BCUT2D eigenvalue weighted by Gasteiger charge is -2.24. The molecule has 84 valence electrons. The third-order valence-corrected chi connectivity index (χ3v) is 2.57. The first kappa shape index (κ1) is 12.6. The third-order valence-electron chi connectivity index (χ3n) is 1.97. The number of rotatable bonds is 4. The predicted molar refractivity (Wildman–Crippen MR) is 63.7 cm³/mol. The van der Waals surface area contributed by atoms with Crippen molar-refractivity contribution in [3.63, 3.8) is 0 Å². The first-order valence-corrected chi connectivity index (χ1v) is 6.08. The Balaban J connectivity index is 2.63. The number of alkyl halides is 1. The van der Waals surface area contributed by atoms with Gasteiger partial charge >= 0.3 is 0 Å². The Morgan fingerprint density at radius 2 is 2.27 bits per heavy atom. The number of hydrogen-bond donors (Lipinski definition) is 1. The number of amides is 1. The van der Waals surface area contributed by atoms with Crippen LogP contribution in [-0.4, -0.2) is 16.8 Å². The zero-order valence-corrected chi connectivity index (χ0v) is 11.0. The van der Waals surface area contributed by atoms with Crippen LogP contribution in [-0.2, 0) is 0 Å². The molecule has 1 rings (SSSR count). The molecule has 0 fully saturated rings. The van der Waals surface area contributed by atoms with Crippen LogP contribution in [0, 0.1) is 0 Å². The van der Waals surface area contributed by atoms with Crippen molar-refractivity contribution in [1.29, 1.82) is 0 Å². The first-order valence-electron chi connectivity index (χ1n) is 4.58. The molecular formula is C10H13BrClNO2. The van der Waals surface area contributed by atoms with E-state index in [0.29, 0.717) is 0 Å². The van der Waals surface area contributed by atoms with Crippen LogP contribution >= 0.6 is 27.5 Å². The van der Waals surface area contributed by atoms with Gasteiger partial charge in [-0.1, -0.05) is 15.9 Å². The van der Waals surface area contributed by atoms with E-state index >= 15 is 0 Å². The van der Waals surface area contributed by atoms with Crippen molar-refractivity contribution < 1.29 is 9.21 Å². The molecule has 0 unspecified atom stereocenters. The Kier molecular flexibility index (Phi) is 4.22. The molecule has 0 atom stereocenters. The summed E-state index contributed by atoms with van der Waals surface area (Å²) in [6.45, 7) is 3.91. The molecule has 0 radical (unpaired) electrons. The highest BCUT2D eigenvalue weighted by Gasteiger charge is 2.21. The van der Waals surface area contributed by atoms with E-state index in [0.717, 1.165) is 11.8 Å². The zero-order valence-electron chi connectivity index (χ0n) is 8.64. The van der Waals surface area contributed by atoms with E-state index in [1.54, 1.807) is 12.1 Å². The molecule has 15 heavy (non-hydrogen) atoms. The standard InChI is InChI=1S/C10H13BrClNO2/c1-10(2,5-6-11)13-9(14)7-3-4-8(12)15-7/h3-4H,5-6H2,1-2H3,(H,13,14). The SMILES string of the molecule is CC(C)(CCBr)NC(=O)c1ccc(Cl)o1. The van der Waals surface area contributed by atoms with Gasteiger partial charge in [0, 0.05) is 10.9 Å². The van der Waals surface area contributed by atoms with Crippen molar-refractivity contribution in [3.8, 4) is 0 Å². The molecule has 1 aromatic rings. The Labute approximate surface area is 102 Å². The quantitative estimate of drug-likeness (QED) is 0.866. The number of carbonyl (C=O) groups is 1. The molecule has 0 aromatic carbocycles. The summed E-state index contributed by atoms with van der Waals surface area (Å²) in [5, 5.41) is 3.92. The largest absolute Gasteiger partial charge is 0.440 e. The van der Waals surface area contributed by atoms with E-state index in [-0.39, 0.29) is 22.4 Å². The lowest BCUT2D eigenvalue weighted by atomic mass is 10.0. The highest BCUT2D eigenvalue weighted by atomic mass is 79.9. The number of halogens is 2. The summed E-state index contributed by atoms with van der Waals surface area (Å²) in [5.41, 5.74) is -0.264. The molecule has 1 heterocycles. The molecule has 1 N–H and O–H groups in total. The van der Waals surface area contributed by atoms with Crippen molar-refractivity contribution >= 4 is 33.4 Å². The van der Waals surface area contributed by atoms with Gasteiger partial charge in [-0.15, -0.1) is 0 Å². The van der Waals surface area contributed by atoms with Gasteiger partial charge in [0.15, 0.2) is 11.0 Å². The fourth-order valence-electron chi connectivity index (χ4n) is 1.10. The lowest BCUT2D eigenvalue weighted by Crippen LogP contribution is -2.43.